The summed E-state index contributed by atoms with van der Waals surface area (Å²) < 4.78 is 16.6. The largest absolute Gasteiger partial charge is 0.493 e. The van der Waals surface area contributed by atoms with Crippen LogP contribution in [0.15, 0.2) is 46.2 Å². The molecule has 8 heteroatoms. The summed E-state index contributed by atoms with van der Waals surface area (Å²) in [5, 5.41) is 5.27. The van der Waals surface area contributed by atoms with Crippen LogP contribution in [0.3, 0.4) is 0 Å². The van der Waals surface area contributed by atoms with E-state index in [0.717, 1.165) is 5.56 Å². The molecule has 0 atom stereocenters. The topological polar surface area (TPSA) is 86.5 Å². The lowest BCUT2D eigenvalue weighted by molar-refractivity contribution is 0.102. The Kier molecular flexibility index (Phi) is 5.41. The van der Waals surface area contributed by atoms with Gasteiger partial charge in [-0.05, 0) is 30.3 Å². The monoisotopic (exact) mass is 437 g/mol. The molecule has 7 nitrogen and oxygen atoms in total. The van der Waals surface area contributed by atoms with Gasteiger partial charge in [-0.1, -0.05) is 26.8 Å². The number of para-hydroxylation sites is 1. The van der Waals surface area contributed by atoms with Gasteiger partial charge in [-0.2, -0.15) is 0 Å². The summed E-state index contributed by atoms with van der Waals surface area (Å²) in [6, 6.07) is 10.9. The number of ether oxygens (including phenoxy) is 2. The minimum Gasteiger partial charge on any atom is -0.493 e. The van der Waals surface area contributed by atoms with E-state index in [1.54, 1.807) is 37.8 Å². The molecule has 31 heavy (non-hydrogen) atoms. The van der Waals surface area contributed by atoms with Crippen molar-refractivity contribution in [2.45, 2.75) is 26.2 Å². The summed E-state index contributed by atoms with van der Waals surface area (Å²) in [5.41, 5.74) is 2.90. The molecule has 0 radical (unpaired) electrons. The Bertz CT molecular complexity index is 1250. The Balaban J connectivity index is 1.57. The van der Waals surface area contributed by atoms with Gasteiger partial charge < -0.3 is 19.2 Å². The first-order valence-electron chi connectivity index (χ1n) is 9.69. The molecule has 0 saturated carbocycles. The second kappa shape index (κ2) is 8.03. The number of aromatic nitrogens is 2. The number of carbonyl (C=O) groups excluding carboxylic acids is 1. The SMILES string of the molecule is COc1cccc(-c2nc(C(=O)Nc3ccc4oc(C(C)(C)C)nc4c3)cs2)c1OC. The van der Waals surface area contributed by atoms with Gasteiger partial charge >= 0.3 is 0 Å². The Morgan fingerprint density at radius 3 is 2.61 bits per heavy atom. The van der Waals surface area contributed by atoms with Crippen LogP contribution in [0.4, 0.5) is 5.69 Å². The van der Waals surface area contributed by atoms with Crippen molar-refractivity contribution in [3.05, 3.63) is 53.4 Å². The molecule has 0 bridgehead atoms. The van der Waals surface area contributed by atoms with Crippen molar-refractivity contribution in [3.63, 3.8) is 0 Å². The van der Waals surface area contributed by atoms with Crippen molar-refractivity contribution in [2.75, 3.05) is 19.5 Å². The Hall–Kier alpha value is -3.39. The van der Waals surface area contributed by atoms with E-state index in [2.05, 4.69) is 15.3 Å². The van der Waals surface area contributed by atoms with Crippen LogP contribution < -0.4 is 14.8 Å². The second-order valence-corrected chi connectivity index (χ2v) is 8.84. The maximum Gasteiger partial charge on any atom is 0.275 e. The van der Waals surface area contributed by atoms with Gasteiger partial charge in [0.1, 0.15) is 16.2 Å². The van der Waals surface area contributed by atoms with Gasteiger partial charge in [0, 0.05) is 16.5 Å². The van der Waals surface area contributed by atoms with E-state index in [1.807, 2.05) is 39.0 Å². The summed E-state index contributed by atoms with van der Waals surface area (Å²) in [7, 11) is 3.16. The molecule has 0 unspecified atom stereocenters. The maximum absolute atomic E-state index is 12.8. The van der Waals surface area contributed by atoms with Crippen LogP contribution in [0.1, 0.15) is 37.2 Å². The number of fused-ring (bicyclic) bond motifs is 1. The van der Waals surface area contributed by atoms with E-state index in [-0.39, 0.29) is 11.3 Å². The molecule has 0 aliphatic carbocycles. The third kappa shape index (κ3) is 4.11. The first kappa shape index (κ1) is 20.9. The Labute approximate surface area is 184 Å². The van der Waals surface area contributed by atoms with E-state index in [1.165, 1.54) is 11.3 Å². The predicted octanol–water partition coefficient (Wildman–Crippen LogP) is 5.52. The molecule has 0 aliphatic heterocycles. The molecule has 0 saturated heterocycles. The van der Waals surface area contributed by atoms with Crippen LogP contribution in [-0.4, -0.2) is 30.1 Å². The fraction of sp³-hybridized carbons (Fsp3) is 0.261. The summed E-state index contributed by atoms with van der Waals surface area (Å²) in [6.07, 6.45) is 0. The number of benzene rings is 2. The first-order chi connectivity index (χ1) is 14.8. The van der Waals surface area contributed by atoms with E-state index in [0.29, 0.717) is 44.9 Å². The lowest BCUT2D eigenvalue weighted by atomic mass is 9.97. The van der Waals surface area contributed by atoms with Crippen molar-refractivity contribution >= 4 is 34.0 Å². The molecule has 1 amide bonds. The Morgan fingerprint density at radius 1 is 1.10 bits per heavy atom. The highest BCUT2D eigenvalue weighted by atomic mass is 32.1. The third-order valence-corrected chi connectivity index (χ3v) is 5.53. The minimum atomic E-state index is -0.303. The van der Waals surface area contributed by atoms with Crippen molar-refractivity contribution in [1.29, 1.82) is 0 Å². The van der Waals surface area contributed by atoms with Crippen LogP contribution >= 0.6 is 11.3 Å². The summed E-state index contributed by atoms with van der Waals surface area (Å²) in [5.74, 6) is 1.54. The quantitative estimate of drug-likeness (QED) is 0.442. The van der Waals surface area contributed by atoms with Gasteiger partial charge in [0.15, 0.2) is 17.1 Å². The zero-order chi connectivity index (χ0) is 22.2. The summed E-state index contributed by atoms with van der Waals surface area (Å²) >= 11 is 1.36. The molecule has 2 aromatic heterocycles. The fourth-order valence-electron chi connectivity index (χ4n) is 3.08. The van der Waals surface area contributed by atoms with Crippen LogP contribution in [0.25, 0.3) is 21.7 Å². The van der Waals surface area contributed by atoms with Crippen molar-refractivity contribution in [2.24, 2.45) is 0 Å². The zero-order valence-corrected chi connectivity index (χ0v) is 18.8. The lowest BCUT2D eigenvalue weighted by Crippen LogP contribution is -2.12. The molecule has 2 aromatic carbocycles. The number of oxazole rings is 1. The van der Waals surface area contributed by atoms with Crippen molar-refractivity contribution < 1.29 is 18.7 Å². The molecule has 2 heterocycles. The highest BCUT2D eigenvalue weighted by Crippen LogP contribution is 2.39. The molecule has 4 aromatic rings. The number of nitrogens with zero attached hydrogens (tertiary/aromatic N) is 2. The van der Waals surface area contributed by atoms with Crippen LogP contribution in [0.2, 0.25) is 0 Å². The number of carbonyl (C=O) groups is 1. The normalized spacial score (nSPS) is 11.5. The molecule has 0 fully saturated rings. The maximum atomic E-state index is 12.8. The fourth-order valence-corrected chi connectivity index (χ4v) is 3.90. The number of rotatable bonds is 5. The van der Waals surface area contributed by atoms with Gasteiger partial charge in [-0.15, -0.1) is 11.3 Å². The number of anilines is 1. The molecular weight excluding hydrogens is 414 g/mol. The van der Waals surface area contributed by atoms with Gasteiger partial charge in [-0.25, -0.2) is 9.97 Å². The summed E-state index contributed by atoms with van der Waals surface area (Å²) in [6.45, 7) is 6.12. The molecule has 0 spiro atoms. The predicted molar refractivity (Wildman–Crippen MR) is 121 cm³/mol. The minimum absolute atomic E-state index is 0.194. The van der Waals surface area contributed by atoms with E-state index in [9.17, 15) is 4.79 Å². The second-order valence-electron chi connectivity index (χ2n) is 7.98. The number of nitrogens with one attached hydrogen (secondary N) is 1. The van der Waals surface area contributed by atoms with E-state index in [4.69, 9.17) is 13.9 Å². The van der Waals surface area contributed by atoms with Gasteiger partial charge in [0.25, 0.3) is 5.91 Å². The van der Waals surface area contributed by atoms with Crippen molar-refractivity contribution in [1.82, 2.24) is 9.97 Å². The standard InChI is InChI=1S/C23H23N3O4S/c1-23(2,3)22-26-15-11-13(9-10-17(15)30-22)24-20(27)16-12-31-21(25-16)14-7-6-8-18(28-4)19(14)29-5/h6-12H,1-5H3,(H,24,27). The van der Waals surface area contributed by atoms with Crippen LogP contribution in [0, 0.1) is 0 Å². The van der Waals surface area contributed by atoms with E-state index < -0.39 is 0 Å². The molecule has 160 valence electrons. The summed E-state index contributed by atoms with van der Waals surface area (Å²) in [4.78, 5) is 21.8. The molecule has 0 aliphatic rings. The average molecular weight is 438 g/mol. The van der Waals surface area contributed by atoms with E-state index >= 15 is 0 Å². The average Bonchev–Trinajstić information content (AvgIpc) is 3.40. The zero-order valence-electron chi connectivity index (χ0n) is 18.0. The van der Waals surface area contributed by atoms with Gasteiger partial charge in [0.2, 0.25) is 5.89 Å². The molecule has 4 rings (SSSR count). The number of methoxy groups -OCH3 is 2. The molecule has 1 N–H and O–H groups in total. The lowest BCUT2D eigenvalue weighted by Gasteiger charge is -2.11. The third-order valence-electron chi connectivity index (χ3n) is 4.66. The van der Waals surface area contributed by atoms with Gasteiger partial charge in [-0.3, -0.25) is 4.79 Å². The highest BCUT2D eigenvalue weighted by molar-refractivity contribution is 7.13. The number of thiazole rings is 1. The highest BCUT2D eigenvalue weighted by Gasteiger charge is 2.21. The van der Waals surface area contributed by atoms with Crippen LogP contribution in [-0.2, 0) is 5.41 Å². The number of amides is 1. The number of hydrogen-bond donors (Lipinski definition) is 1. The van der Waals surface area contributed by atoms with Gasteiger partial charge in [0.05, 0.1) is 19.8 Å². The number of hydrogen-bond acceptors (Lipinski definition) is 7. The first-order valence-corrected chi connectivity index (χ1v) is 10.6. The Morgan fingerprint density at radius 2 is 1.90 bits per heavy atom. The molecular formula is C23H23N3O4S. The van der Waals surface area contributed by atoms with Crippen molar-refractivity contribution in [3.8, 4) is 22.1 Å². The van der Waals surface area contributed by atoms with Crippen LogP contribution in [0.5, 0.6) is 11.5 Å². The smallest absolute Gasteiger partial charge is 0.275 e.